The number of benzene rings is 1. The van der Waals surface area contributed by atoms with Crippen LogP contribution in [0.2, 0.25) is 0 Å². The molecule has 1 N–H and O–H groups in total. The van der Waals surface area contributed by atoms with E-state index in [2.05, 4.69) is 24.1 Å². The van der Waals surface area contributed by atoms with Gasteiger partial charge in [0, 0.05) is 23.7 Å². The molecule has 1 atom stereocenters. The lowest BCUT2D eigenvalue weighted by Crippen LogP contribution is -2.34. The van der Waals surface area contributed by atoms with E-state index in [1.54, 1.807) is 24.3 Å². The minimum Gasteiger partial charge on any atom is -0.491 e. The summed E-state index contributed by atoms with van der Waals surface area (Å²) in [5.74, 6) is 0.758. The van der Waals surface area contributed by atoms with Gasteiger partial charge in [-0.3, -0.25) is 9.78 Å². The molecule has 0 bridgehead atoms. The van der Waals surface area contributed by atoms with E-state index in [4.69, 9.17) is 4.74 Å². The molecule has 0 radical (unpaired) electrons. The zero-order chi connectivity index (χ0) is 22.9. The highest BCUT2D eigenvalue weighted by Crippen LogP contribution is 2.32. The third-order valence-corrected chi connectivity index (χ3v) is 4.89. The first-order valence-electron chi connectivity index (χ1n) is 10.4. The van der Waals surface area contributed by atoms with Crippen LogP contribution in [0.3, 0.4) is 0 Å². The molecule has 1 amide bonds. The number of aromatic nitrogens is 1. The number of allylic oxidation sites excluding steroid dienone is 3. The van der Waals surface area contributed by atoms with Crippen LogP contribution in [0.15, 0.2) is 54.8 Å². The molecule has 2 rings (SSSR count). The molecule has 0 aliphatic rings. The van der Waals surface area contributed by atoms with Crippen molar-refractivity contribution in [1.82, 2.24) is 10.3 Å². The Kier molecular flexibility index (Phi) is 9.09. The highest BCUT2D eigenvalue weighted by molar-refractivity contribution is 5.88. The molecule has 168 valence electrons. The number of carbonyl (C=O) groups is 1. The van der Waals surface area contributed by atoms with Crippen molar-refractivity contribution < 1.29 is 22.7 Å². The lowest BCUT2D eigenvalue weighted by Gasteiger charge is -2.15. The molecule has 0 fully saturated rings. The van der Waals surface area contributed by atoms with E-state index in [0.717, 1.165) is 31.5 Å². The zero-order valence-electron chi connectivity index (χ0n) is 18.1. The molecule has 31 heavy (non-hydrogen) atoms. The molecule has 4 nitrogen and oxygen atoms in total. The predicted octanol–water partition coefficient (Wildman–Crippen LogP) is 6.08. The number of pyridine rings is 1. The Morgan fingerprint density at radius 3 is 2.68 bits per heavy atom. The van der Waals surface area contributed by atoms with Crippen molar-refractivity contribution in [2.24, 2.45) is 5.92 Å². The van der Waals surface area contributed by atoms with Gasteiger partial charge in [0.1, 0.15) is 11.3 Å². The second-order valence-corrected chi connectivity index (χ2v) is 7.72. The third-order valence-electron chi connectivity index (χ3n) is 4.89. The second-order valence-electron chi connectivity index (χ2n) is 7.72. The Balaban J connectivity index is 1.73. The van der Waals surface area contributed by atoms with Crippen LogP contribution in [0, 0.1) is 5.92 Å². The molecule has 2 aromatic rings. The molecule has 1 aromatic carbocycles. The molecule has 0 aliphatic carbocycles. The van der Waals surface area contributed by atoms with Crippen molar-refractivity contribution in [3.05, 3.63) is 60.3 Å². The first-order valence-corrected chi connectivity index (χ1v) is 10.4. The summed E-state index contributed by atoms with van der Waals surface area (Å²) in [6.07, 6.45) is 5.97. The summed E-state index contributed by atoms with van der Waals surface area (Å²) in [4.78, 5) is 15.7. The Labute approximate surface area is 181 Å². The van der Waals surface area contributed by atoms with E-state index in [0.29, 0.717) is 29.2 Å². The summed E-state index contributed by atoms with van der Waals surface area (Å²) < 4.78 is 44.2. The quantitative estimate of drug-likeness (QED) is 0.280. The predicted molar refractivity (Wildman–Crippen MR) is 117 cm³/mol. The normalized spacial score (nSPS) is 13.4. The van der Waals surface area contributed by atoms with Crippen molar-refractivity contribution in [2.75, 3.05) is 6.61 Å². The van der Waals surface area contributed by atoms with Crippen LogP contribution >= 0.6 is 0 Å². The second kappa shape index (κ2) is 11.5. The molecule has 0 saturated heterocycles. The van der Waals surface area contributed by atoms with Crippen LogP contribution in [-0.4, -0.2) is 23.5 Å². The minimum atomic E-state index is -4.42. The van der Waals surface area contributed by atoms with Gasteiger partial charge in [-0.05, 0) is 44.2 Å². The van der Waals surface area contributed by atoms with Crippen LogP contribution in [0.25, 0.3) is 10.9 Å². The van der Waals surface area contributed by atoms with Crippen LogP contribution in [-0.2, 0) is 11.0 Å². The van der Waals surface area contributed by atoms with Crippen LogP contribution in [0.1, 0.15) is 45.6 Å². The molecular weight excluding hydrogens is 405 g/mol. The Hall–Kier alpha value is -2.83. The summed E-state index contributed by atoms with van der Waals surface area (Å²) in [5, 5.41) is 3.30. The number of rotatable bonds is 10. The maximum Gasteiger partial charge on any atom is 0.417 e. The van der Waals surface area contributed by atoms with Crippen molar-refractivity contribution in [3.63, 3.8) is 0 Å². The number of halogens is 3. The summed E-state index contributed by atoms with van der Waals surface area (Å²) in [5.41, 5.74) is -0.351. The zero-order valence-corrected chi connectivity index (χ0v) is 18.1. The number of nitrogens with one attached hydrogen (secondary N) is 1. The molecule has 7 heteroatoms. The van der Waals surface area contributed by atoms with E-state index in [1.165, 1.54) is 6.08 Å². The maximum absolute atomic E-state index is 12.8. The summed E-state index contributed by atoms with van der Waals surface area (Å²) in [6.45, 7) is 6.53. The van der Waals surface area contributed by atoms with Gasteiger partial charge in [-0.1, -0.05) is 44.2 Å². The molecular formula is C24H29F3N2O2. The van der Waals surface area contributed by atoms with Gasteiger partial charge < -0.3 is 10.1 Å². The molecule has 0 aliphatic heterocycles. The van der Waals surface area contributed by atoms with Crippen molar-refractivity contribution in [1.29, 1.82) is 0 Å². The fourth-order valence-electron chi connectivity index (χ4n) is 2.71. The molecule has 1 heterocycles. The number of para-hydroxylation sites is 1. The van der Waals surface area contributed by atoms with E-state index < -0.39 is 11.7 Å². The highest BCUT2D eigenvalue weighted by atomic mass is 19.4. The summed E-state index contributed by atoms with van der Waals surface area (Å²) >= 11 is 0. The van der Waals surface area contributed by atoms with Gasteiger partial charge in [0.05, 0.1) is 12.2 Å². The monoisotopic (exact) mass is 434 g/mol. The lowest BCUT2D eigenvalue weighted by atomic mass is 10.1. The molecule has 0 saturated carbocycles. The van der Waals surface area contributed by atoms with Crippen molar-refractivity contribution in [3.8, 4) is 5.75 Å². The van der Waals surface area contributed by atoms with Crippen molar-refractivity contribution in [2.45, 2.75) is 52.3 Å². The standard InChI is InChI=1S/C24H29F3N2O2/c1-17(2)18(3)29-22(30)13-8-6-4-5-7-9-14-31-21-12-10-11-19-15-20(24(25,26)27)16-28-23(19)21/h4,6,8,10-13,15-18H,5,7,9,14H2,1-3H3,(H,29,30). The van der Waals surface area contributed by atoms with Crippen LogP contribution in [0.4, 0.5) is 13.2 Å². The fourth-order valence-corrected chi connectivity index (χ4v) is 2.71. The first kappa shape index (κ1) is 24.4. The number of unbranched alkanes of at least 4 members (excludes halogenated alkanes) is 2. The molecule has 1 aromatic heterocycles. The number of fused-ring (bicyclic) bond motifs is 1. The van der Waals surface area contributed by atoms with Gasteiger partial charge in [0.2, 0.25) is 5.91 Å². The smallest absolute Gasteiger partial charge is 0.417 e. The first-order chi connectivity index (χ1) is 14.7. The average Bonchev–Trinajstić information content (AvgIpc) is 2.71. The maximum atomic E-state index is 12.8. The van der Waals surface area contributed by atoms with Gasteiger partial charge in [0.25, 0.3) is 0 Å². The van der Waals surface area contributed by atoms with Gasteiger partial charge >= 0.3 is 6.18 Å². The summed E-state index contributed by atoms with van der Waals surface area (Å²) in [6, 6.07) is 6.17. The molecule has 1 unspecified atom stereocenters. The van der Waals surface area contributed by atoms with E-state index in [-0.39, 0.29) is 11.9 Å². The van der Waals surface area contributed by atoms with Crippen molar-refractivity contribution >= 4 is 16.8 Å². The van der Waals surface area contributed by atoms with E-state index >= 15 is 0 Å². The van der Waals surface area contributed by atoms with Gasteiger partial charge in [-0.25, -0.2) is 0 Å². The van der Waals surface area contributed by atoms with E-state index in [1.807, 2.05) is 19.1 Å². The third kappa shape index (κ3) is 8.07. The SMILES string of the molecule is CC(C)C(C)NC(=O)C=CC=CCCCCOc1cccc2cc(C(F)(F)F)cnc12. The average molecular weight is 435 g/mol. The van der Waals surface area contributed by atoms with Gasteiger partial charge in [-0.2, -0.15) is 13.2 Å². The topological polar surface area (TPSA) is 51.2 Å². The van der Waals surface area contributed by atoms with Gasteiger partial charge in [0.15, 0.2) is 0 Å². The number of ether oxygens (including phenoxy) is 1. The Morgan fingerprint density at radius 2 is 1.97 bits per heavy atom. The summed E-state index contributed by atoms with van der Waals surface area (Å²) in [7, 11) is 0. The Morgan fingerprint density at radius 1 is 1.19 bits per heavy atom. The largest absolute Gasteiger partial charge is 0.491 e. The number of hydrogen-bond donors (Lipinski definition) is 1. The number of alkyl halides is 3. The highest BCUT2D eigenvalue weighted by Gasteiger charge is 2.31. The van der Waals surface area contributed by atoms with Crippen LogP contribution in [0.5, 0.6) is 5.75 Å². The number of hydrogen-bond acceptors (Lipinski definition) is 3. The van der Waals surface area contributed by atoms with E-state index in [9.17, 15) is 18.0 Å². The van der Waals surface area contributed by atoms with Gasteiger partial charge in [-0.15, -0.1) is 0 Å². The number of nitrogens with zero attached hydrogens (tertiary/aromatic N) is 1. The Bertz CT molecular complexity index is 921. The molecule has 0 spiro atoms. The fraction of sp³-hybridized carbons (Fsp3) is 0.417. The number of carbonyl (C=O) groups excluding carboxylic acids is 1. The number of amides is 1. The minimum absolute atomic E-state index is 0.106. The lowest BCUT2D eigenvalue weighted by molar-refractivity contribution is -0.137. The van der Waals surface area contributed by atoms with Crippen LogP contribution < -0.4 is 10.1 Å².